The van der Waals surface area contributed by atoms with Gasteiger partial charge < -0.3 is 15.0 Å². The SMILES string of the molecule is COc1cc(NC(C)=O)cc(C(=O)N2[C@@H]3CCC[C@H]2c2nn(C)c(-c4cc(F)c(F)c(F)c4)c2C3)c1. The van der Waals surface area contributed by atoms with Crippen molar-refractivity contribution in [3.63, 3.8) is 0 Å². The van der Waals surface area contributed by atoms with Gasteiger partial charge in [-0.15, -0.1) is 0 Å². The minimum Gasteiger partial charge on any atom is -0.497 e. The van der Waals surface area contributed by atoms with Crippen molar-refractivity contribution in [2.75, 3.05) is 12.4 Å². The highest BCUT2D eigenvalue weighted by Gasteiger charge is 2.43. The lowest BCUT2D eigenvalue weighted by molar-refractivity contribution is -0.114. The fourth-order valence-corrected chi connectivity index (χ4v) is 5.47. The predicted molar refractivity (Wildman–Crippen MR) is 126 cm³/mol. The molecule has 10 heteroatoms. The van der Waals surface area contributed by atoms with Crippen LogP contribution in [0.2, 0.25) is 0 Å². The van der Waals surface area contributed by atoms with Crippen molar-refractivity contribution in [2.24, 2.45) is 7.05 Å². The van der Waals surface area contributed by atoms with Crippen molar-refractivity contribution in [1.82, 2.24) is 14.7 Å². The van der Waals surface area contributed by atoms with Gasteiger partial charge in [0.25, 0.3) is 5.91 Å². The second kappa shape index (κ2) is 9.00. The molecule has 2 aliphatic rings. The summed E-state index contributed by atoms with van der Waals surface area (Å²) in [5.74, 6) is -4.09. The molecule has 5 rings (SSSR count). The van der Waals surface area contributed by atoms with Gasteiger partial charge in [-0.3, -0.25) is 14.3 Å². The summed E-state index contributed by atoms with van der Waals surface area (Å²) in [6, 6.07) is 6.35. The van der Waals surface area contributed by atoms with E-state index in [-0.39, 0.29) is 29.5 Å². The van der Waals surface area contributed by atoms with Crippen molar-refractivity contribution in [3.05, 3.63) is 64.6 Å². The molecule has 0 unspecified atom stereocenters. The van der Waals surface area contributed by atoms with Crippen LogP contribution in [0.5, 0.6) is 5.75 Å². The van der Waals surface area contributed by atoms with Gasteiger partial charge in [0.2, 0.25) is 5.91 Å². The van der Waals surface area contributed by atoms with Crippen molar-refractivity contribution < 1.29 is 27.5 Å². The Morgan fingerprint density at radius 1 is 1.08 bits per heavy atom. The van der Waals surface area contributed by atoms with E-state index in [0.29, 0.717) is 41.2 Å². The minimum atomic E-state index is -1.51. The predicted octanol–water partition coefficient (Wildman–Crippen LogP) is 4.76. The van der Waals surface area contributed by atoms with Crippen molar-refractivity contribution in [1.29, 1.82) is 0 Å². The Bertz CT molecular complexity index is 1360. The van der Waals surface area contributed by atoms with Gasteiger partial charge in [-0.1, -0.05) is 0 Å². The number of nitrogens with zero attached hydrogens (tertiary/aromatic N) is 3. The highest BCUT2D eigenvalue weighted by Crippen LogP contribution is 2.45. The zero-order chi connectivity index (χ0) is 25.7. The maximum atomic E-state index is 14.0. The van der Waals surface area contributed by atoms with Crippen LogP contribution in [0.1, 0.15) is 53.8 Å². The number of aromatic nitrogens is 2. The number of rotatable bonds is 4. The van der Waals surface area contributed by atoms with E-state index < -0.39 is 17.5 Å². The molecule has 7 nitrogen and oxygen atoms in total. The zero-order valence-corrected chi connectivity index (χ0v) is 20.1. The molecule has 1 fully saturated rings. The summed E-state index contributed by atoms with van der Waals surface area (Å²) in [6.07, 6.45) is 2.79. The summed E-state index contributed by atoms with van der Waals surface area (Å²) >= 11 is 0. The Labute approximate surface area is 205 Å². The van der Waals surface area contributed by atoms with Crippen LogP contribution in [0.25, 0.3) is 11.3 Å². The Hall–Kier alpha value is -3.82. The van der Waals surface area contributed by atoms with Crippen LogP contribution in [0.3, 0.4) is 0 Å². The van der Waals surface area contributed by atoms with E-state index in [4.69, 9.17) is 4.74 Å². The van der Waals surface area contributed by atoms with Crippen molar-refractivity contribution in [2.45, 2.75) is 44.7 Å². The van der Waals surface area contributed by atoms with E-state index >= 15 is 0 Å². The summed E-state index contributed by atoms with van der Waals surface area (Å²) in [4.78, 5) is 27.2. The number of ether oxygens (including phenoxy) is 1. The van der Waals surface area contributed by atoms with Crippen LogP contribution in [-0.2, 0) is 18.3 Å². The first-order valence-electron chi connectivity index (χ1n) is 11.7. The topological polar surface area (TPSA) is 76.5 Å². The van der Waals surface area contributed by atoms with Crippen LogP contribution in [0, 0.1) is 17.5 Å². The summed E-state index contributed by atoms with van der Waals surface area (Å²) < 4.78 is 48.5. The van der Waals surface area contributed by atoms with Crippen LogP contribution < -0.4 is 10.1 Å². The first-order chi connectivity index (χ1) is 17.2. The Morgan fingerprint density at radius 3 is 2.47 bits per heavy atom. The molecular weight excluding hydrogens is 473 g/mol. The standard InChI is InChI=1S/C26H25F3N4O3/c1-13(34)30-16-7-15(8-18(11-16)36-3)26(35)33-17-5-4-6-22(33)24-19(12-17)25(32(2)31-24)14-9-20(27)23(29)21(28)10-14/h7-11,17,22H,4-6,12H2,1-3H3,(H,30,34)/t17-,22+/m1/s1. The Balaban J connectivity index is 1.56. The van der Waals surface area contributed by atoms with Crippen LogP contribution in [0.15, 0.2) is 30.3 Å². The average molecular weight is 499 g/mol. The van der Waals surface area contributed by atoms with Gasteiger partial charge in [0.05, 0.1) is 24.5 Å². The highest BCUT2D eigenvalue weighted by molar-refractivity contribution is 5.98. The number of hydrogen-bond donors (Lipinski definition) is 1. The third-order valence-electron chi connectivity index (χ3n) is 6.88. The molecule has 1 aromatic heterocycles. The third-order valence-corrected chi connectivity index (χ3v) is 6.88. The van der Waals surface area contributed by atoms with Gasteiger partial charge >= 0.3 is 0 Å². The molecule has 0 spiro atoms. The molecule has 1 saturated heterocycles. The first kappa shape index (κ1) is 23.9. The minimum absolute atomic E-state index is 0.155. The fourth-order valence-electron chi connectivity index (χ4n) is 5.47. The molecule has 0 saturated carbocycles. The molecule has 2 aliphatic heterocycles. The maximum absolute atomic E-state index is 14.0. The largest absolute Gasteiger partial charge is 0.497 e. The molecule has 1 N–H and O–H groups in total. The van der Waals surface area contributed by atoms with Crippen LogP contribution in [-0.4, -0.2) is 39.6 Å². The van der Waals surface area contributed by atoms with Crippen LogP contribution in [0.4, 0.5) is 18.9 Å². The van der Waals surface area contributed by atoms with Gasteiger partial charge in [-0.2, -0.15) is 5.10 Å². The smallest absolute Gasteiger partial charge is 0.254 e. The summed E-state index contributed by atoms with van der Waals surface area (Å²) in [5, 5.41) is 7.34. The normalized spacial score (nSPS) is 18.6. The average Bonchev–Trinajstić information content (AvgIpc) is 3.16. The van der Waals surface area contributed by atoms with E-state index in [2.05, 4.69) is 10.4 Å². The van der Waals surface area contributed by atoms with Gasteiger partial charge in [0, 0.05) is 48.5 Å². The molecule has 3 heterocycles. The van der Waals surface area contributed by atoms with E-state index in [9.17, 15) is 22.8 Å². The fraction of sp³-hybridized carbons (Fsp3) is 0.346. The zero-order valence-electron chi connectivity index (χ0n) is 20.1. The first-order valence-corrected chi connectivity index (χ1v) is 11.7. The lowest BCUT2D eigenvalue weighted by Crippen LogP contribution is -2.49. The summed E-state index contributed by atoms with van der Waals surface area (Å²) in [6.45, 7) is 1.38. The number of halogens is 3. The second-order valence-corrected chi connectivity index (χ2v) is 9.24. The van der Waals surface area contributed by atoms with Gasteiger partial charge in [0.15, 0.2) is 17.5 Å². The monoisotopic (exact) mass is 498 g/mol. The van der Waals surface area contributed by atoms with Gasteiger partial charge in [0.1, 0.15) is 5.75 Å². The Kier molecular flexibility index (Phi) is 5.97. The highest BCUT2D eigenvalue weighted by atomic mass is 19.2. The molecule has 3 aromatic rings. The lowest BCUT2D eigenvalue weighted by atomic mass is 9.81. The van der Waals surface area contributed by atoms with E-state index in [0.717, 1.165) is 30.5 Å². The number of anilines is 1. The molecule has 0 radical (unpaired) electrons. The molecule has 2 bridgehead atoms. The molecule has 188 valence electrons. The number of aryl methyl sites for hydroxylation is 1. The number of carbonyl (C=O) groups excluding carboxylic acids is 2. The molecule has 36 heavy (non-hydrogen) atoms. The summed E-state index contributed by atoms with van der Waals surface area (Å²) in [5.41, 5.74) is 3.03. The van der Waals surface area contributed by atoms with Gasteiger partial charge in [-0.05, 0) is 49.9 Å². The number of hydrogen-bond acceptors (Lipinski definition) is 4. The van der Waals surface area contributed by atoms with Crippen molar-refractivity contribution >= 4 is 17.5 Å². The summed E-state index contributed by atoms with van der Waals surface area (Å²) in [7, 11) is 3.16. The maximum Gasteiger partial charge on any atom is 0.254 e. The number of piperidine rings is 1. The number of benzene rings is 2. The van der Waals surface area contributed by atoms with E-state index in [1.165, 1.54) is 14.0 Å². The molecule has 2 atom stereocenters. The number of carbonyl (C=O) groups is 2. The molecule has 2 amide bonds. The number of amides is 2. The second-order valence-electron chi connectivity index (χ2n) is 9.24. The van der Waals surface area contributed by atoms with Crippen molar-refractivity contribution in [3.8, 4) is 17.0 Å². The van der Waals surface area contributed by atoms with E-state index in [1.54, 1.807) is 29.9 Å². The molecule has 0 aliphatic carbocycles. The van der Waals surface area contributed by atoms with E-state index in [1.807, 2.05) is 4.90 Å². The number of nitrogens with one attached hydrogen (secondary N) is 1. The Morgan fingerprint density at radius 2 is 1.81 bits per heavy atom. The van der Waals surface area contributed by atoms with Gasteiger partial charge in [-0.25, -0.2) is 13.2 Å². The molecular formula is C26H25F3N4O3. The van der Waals surface area contributed by atoms with Crippen LogP contribution >= 0.6 is 0 Å². The quantitative estimate of drug-likeness (QED) is 0.526. The number of fused-ring (bicyclic) bond motifs is 4. The lowest BCUT2D eigenvalue weighted by Gasteiger charge is -2.45. The molecule has 2 aromatic carbocycles. The number of methoxy groups -OCH3 is 1. The third kappa shape index (κ3) is 4.00.